The molecule has 0 bridgehead atoms. The van der Waals surface area contributed by atoms with Gasteiger partial charge in [0, 0.05) is 13.8 Å². The zero-order valence-electron chi connectivity index (χ0n) is 19.6. The van der Waals surface area contributed by atoms with Gasteiger partial charge in [0.15, 0.2) is 11.5 Å². The van der Waals surface area contributed by atoms with Crippen molar-refractivity contribution in [1.82, 2.24) is 0 Å². The van der Waals surface area contributed by atoms with Crippen molar-refractivity contribution in [1.29, 1.82) is 0 Å². The molecule has 9 nitrogen and oxygen atoms in total. The predicted octanol–water partition coefficient (Wildman–Crippen LogP) is 2.85. The predicted molar refractivity (Wildman–Crippen MR) is 118 cm³/mol. The molecular formula is C24H33NO8. The van der Waals surface area contributed by atoms with Crippen LogP contribution in [0.4, 0.5) is 0 Å². The van der Waals surface area contributed by atoms with Gasteiger partial charge in [-0.1, -0.05) is 25.3 Å². The first-order valence-corrected chi connectivity index (χ1v) is 11.2. The van der Waals surface area contributed by atoms with Crippen LogP contribution in [0, 0.1) is 5.92 Å². The Bertz CT molecular complexity index is 862. The molecule has 1 unspecified atom stereocenters. The molecule has 2 N–H and O–H groups in total. The number of esters is 4. The van der Waals surface area contributed by atoms with E-state index in [9.17, 15) is 19.2 Å². The van der Waals surface area contributed by atoms with Crippen LogP contribution in [0.25, 0.3) is 0 Å². The molecule has 0 amide bonds. The van der Waals surface area contributed by atoms with E-state index in [0.29, 0.717) is 5.56 Å². The van der Waals surface area contributed by atoms with Crippen LogP contribution in [0.3, 0.4) is 0 Å². The Hall–Kier alpha value is -2.94. The van der Waals surface area contributed by atoms with Crippen LogP contribution in [-0.4, -0.2) is 42.1 Å². The second kappa shape index (κ2) is 12.3. The molecule has 1 aromatic rings. The minimum Gasteiger partial charge on any atom is -0.459 e. The summed E-state index contributed by atoms with van der Waals surface area (Å²) in [5.74, 6) is -2.01. The third-order valence-corrected chi connectivity index (χ3v) is 5.48. The van der Waals surface area contributed by atoms with Gasteiger partial charge in [0.05, 0.1) is 5.92 Å². The van der Waals surface area contributed by atoms with Crippen LogP contribution in [-0.2, 0) is 35.1 Å². The molecule has 182 valence electrons. The summed E-state index contributed by atoms with van der Waals surface area (Å²) in [6.07, 6.45) is 3.67. The molecule has 1 saturated carbocycles. The van der Waals surface area contributed by atoms with E-state index in [1.54, 1.807) is 19.9 Å². The van der Waals surface area contributed by atoms with Crippen LogP contribution in [0.15, 0.2) is 18.2 Å². The molecule has 0 aromatic heterocycles. The zero-order chi connectivity index (χ0) is 24.5. The molecule has 1 aliphatic carbocycles. The Kier molecular flexibility index (Phi) is 9.84. The van der Waals surface area contributed by atoms with Gasteiger partial charge in [-0.25, -0.2) is 0 Å². The van der Waals surface area contributed by atoms with Gasteiger partial charge in [-0.2, -0.15) is 0 Å². The van der Waals surface area contributed by atoms with Crippen molar-refractivity contribution in [3.8, 4) is 11.5 Å². The van der Waals surface area contributed by atoms with E-state index in [1.165, 1.54) is 26.0 Å². The van der Waals surface area contributed by atoms with Crippen LogP contribution < -0.4 is 15.2 Å². The van der Waals surface area contributed by atoms with Gasteiger partial charge in [-0.15, -0.1) is 0 Å². The van der Waals surface area contributed by atoms with Gasteiger partial charge in [0.25, 0.3) is 0 Å². The van der Waals surface area contributed by atoms with Gasteiger partial charge >= 0.3 is 23.9 Å². The standard InChI is InChI=1S/C24H33NO8/c1-14(30-23(28)19-8-6-5-7-9-19)15(2)31-24(29)20(25)12-18-10-11-21(32-16(3)26)22(13-18)33-17(4)27/h10-11,13-15,19-20H,5-9,12,25H2,1-4H3/t14?,15-,20-/m0/s1. The highest BCUT2D eigenvalue weighted by molar-refractivity contribution is 5.77. The molecule has 0 radical (unpaired) electrons. The first-order valence-electron chi connectivity index (χ1n) is 11.2. The number of carbonyl (C=O) groups is 4. The molecular weight excluding hydrogens is 430 g/mol. The maximum atomic E-state index is 12.5. The quantitative estimate of drug-likeness (QED) is 0.434. The Balaban J connectivity index is 1.93. The van der Waals surface area contributed by atoms with E-state index in [0.717, 1.165) is 32.1 Å². The maximum absolute atomic E-state index is 12.5. The highest BCUT2D eigenvalue weighted by Crippen LogP contribution is 2.29. The summed E-state index contributed by atoms with van der Waals surface area (Å²) in [5, 5.41) is 0. The van der Waals surface area contributed by atoms with Crippen molar-refractivity contribution >= 4 is 23.9 Å². The van der Waals surface area contributed by atoms with E-state index in [2.05, 4.69) is 0 Å². The highest BCUT2D eigenvalue weighted by atomic mass is 16.6. The molecule has 0 heterocycles. The fraction of sp³-hybridized carbons (Fsp3) is 0.583. The topological polar surface area (TPSA) is 131 Å². The summed E-state index contributed by atoms with van der Waals surface area (Å²) in [7, 11) is 0. The summed E-state index contributed by atoms with van der Waals surface area (Å²) in [6, 6.07) is 3.54. The normalized spacial score (nSPS) is 16.8. The Morgan fingerprint density at radius 1 is 0.909 bits per heavy atom. The number of hydrogen-bond donors (Lipinski definition) is 1. The lowest BCUT2D eigenvalue weighted by Gasteiger charge is -2.26. The molecule has 3 atom stereocenters. The third kappa shape index (κ3) is 8.49. The highest BCUT2D eigenvalue weighted by Gasteiger charge is 2.28. The van der Waals surface area contributed by atoms with Crippen LogP contribution in [0.2, 0.25) is 0 Å². The second-order valence-electron chi connectivity index (χ2n) is 8.40. The van der Waals surface area contributed by atoms with Crippen LogP contribution >= 0.6 is 0 Å². The fourth-order valence-corrected chi connectivity index (χ4v) is 3.57. The van der Waals surface area contributed by atoms with Gasteiger partial charge in [-0.05, 0) is 50.8 Å². The molecule has 33 heavy (non-hydrogen) atoms. The maximum Gasteiger partial charge on any atom is 0.323 e. The molecule has 0 saturated heterocycles. The number of benzene rings is 1. The smallest absolute Gasteiger partial charge is 0.323 e. The van der Waals surface area contributed by atoms with Gasteiger partial charge < -0.3 is 24.7 Å². The summed E-state index contributed by atoms with van der Waals surface area (Å²) in [6.45, 7) is 5.78. The first-order chi connectivity index (χ1) is 15.6. The number of rotatable bonds is 9. The van der Waals surface area contributed by atoms with Crippen LogP contribution in [0.1, 0.15) is 65.4 Å². The SMILES string of the molecule is CC(=O)Oc1ccc(C[C@H](N)C(=O)O[C@@H](C)C(C)OC(=O)C2CCCCC2)cc1OC(C)=O. The van der Waals surface area contributed by atoms with Crippen molar-refractivity contribution in [3.05, 3.63) is 23.8 Å². The van der Waals surface area contributed by atoms with E-state index in [1.807, 2.05) is 0 Å². The minimum atomic E-state index is -1.00. The average Bonchev–Trinajstić information content (AvgIpc) is 2.75. The lowest BCUT2D eigenvalue weighted by molar-refractivity contribution is -0.169. The Morgan fingerprint density at radius 2 is 1.48 bits per heavy atom. The second-order valence-corrected chi connectivity index (χ2v) is 8.40. The van der Waals surface area contributed by atoms with Crippen molar-refractivity contribution < 1.29 is 38.1 Å². The first kappa shape index (κ1) is 26.3. The van der Waals surface area contributed by atoms with E-state index in [4.69, 9.17) is 24.7 Å². The van der Waals surface area contributed by atoms with Crippen molar-refractivity contribution in [2.45, 2.75) is 84.5 Å². The molecule has 1 aliphatic rings. The molecule has 1 aromatic carbocycles. The third-order valence-electron chi connectivity index (χ3n) is 5.48. The number of carbonyl (C=O) groups excluding carboxylic acids is 4. The van der Waals surface area contributed by atoms with Gasteiger partial charge in [-0.3, -0.25) is 19.2 Å². The largest absolute Gasteiger partial charge is 0.459 e. The van der Waals surface area contributed by atoms with E-state index < -0.39 is 36.2 Å². The van der Waals surface area contributed by atoms with E-state index in [-0.39, 0.29) is 29.8 Å². The molecule has 1 fully saturated rings. The minimum absolute atomic E-state index is 0.0485. The Morgan fingerprint density at radius 3 is 2.09 bits per heavy atom. The zero-order valence-corrected chi connectivity index (χ0v) is 19.6. The van der Waals surface area contributed by atoms with Gasteiger partial charge in [0.1, 0.15) is 18.2 Å². The Labute approximate surface area is 193 Å². The lowest BCUT2D eigenvalue weighted by atomic mass is 9.89. The summed E-state index contributed by atoms with van der Waals surface area (Å²) >= 11 is 0. The van der Waals surface area contributed by atoms with Gasteiger partial charge in [0.2, 0.25) is 0 Å². The number of nitrogens with two attached hydrogens (primary N) is 1. The molecule has 2 rings (SSSR count). The molecule has 0 spiro atoms. The monoisotopic (exact) mass is 463 g/mol. The van der Waals surface area contributed by atoms with Crippen molar-refractivity contribution in [2.75, 3.05) is 0 Å². The molecule has 0 aliphatic heterocycles. The summed E-state index contributed by atoms with van der Waals surface area (Å²) in [4.78, 5) is 47.4. The summed E-state index contributed by atoms with van der Waals surface area (Å²) < 4.78 is 21.0. The van der Waals surface area contributed by atoms with Crippen molar-refractivity contribution in [2.24, 2.45) is 11.7 Å². The summed E-state index contributed by atoms with van der Waals surface area (Å²) in [5.41, 5.74) is 6.59. The number of hydrogen-bond acceptors (Lipinski definition) is 9. The lowest BCUT2D eigenvalue weighted by Crippen LogP contribution is -2.40. The fourth-order valence-electron chi connectivity index (χ4n) is 3.57. The van der Waals surface area contributed by atoms with Crippen LogP contribution in [0.5, 0.6) is 11.5 Å². The molecule has 9 heteroatoms. The van der Waals surface area contributed by atoms with Crippen molar-refractivity contribution in [3.63, 3.8) is 0 Å². The van der Waals surface area contributed by atoms with E-state index >= 15 is 0 Å². The average molecular weight is 464 g/mol. The number of ether oxygens (including phenoxy) is 4.